The number of carbonyl (C=O) groups is 2. The minimum atomic E-state index is -4.35. The van der Waals surface area contributed by atoms with Crippen molar-refractivity contribution in [3.8, 4) is 0 Å². The molecule has 0 saturated heterocycles. The molecule has 0 unspecified atom stereocenters. The summed E-state index contributed by atoms with van der Waals surface area (Å²) >= 11 is 6.19. The van der Waals surface area contributed by atoms with Crippen LogP contribution in [0.5, 0.6) is 0 Å². The second-order valence-corrected chi connectivity index (χ2v) is 12.7. The molecule has 2 amide bonds. The van der Waals surface area contributed by atoms with Crippen LogP contribution in [0.2, 0.25) is 5.02 Å². The predicted molar refractivity (Wildman–Crippen MR) is 159 cm³/mol. The predicted octanol–water partition coefficient (Wildman–Crippen LogP) is 5.85. The van der Waals surface area contributed by atoms with Gasteiger partial charge in [0.15, 0.2) is 0 Å². The van der Waals surface area contributed by atoms with Crippen LogP contribution in [-0.4, -0.2) is 43.8 Å². The minimum absolute atomic E-state index is 0.00827. The molecular weight excluding hydrogens is 565 g/mol. The van der Waals surface area contributed by atoms with Gasteiger partial charge in [-0.25, -0.2) is 12.8 Å². The highest BCUT2D eigenvalue weighted by Crippen LogP contribution is 2.27. The van der Waals surface area contributed by atoms with Gasteiger partial charge in [0.2, 0.25) is 11.8 Å². The van der Waals surface area contributed by atoms with E-state index in [2.05, 4.69) is 5.32 Å². The summed E-state index contributed by atoms with van der Waals surface area (Å²) in [6, 6.07) is 17.5. The number of anilines is 1. The van der Waals surface area contributed by atoms with Crippen molar-refractivity contribution >= 4 is 39.1 Å². The van der Waals surface area contributed by atoms with Gasteiger partial charge in [-0.05, 0) is 68.7 Å². The van der Waals surface area contributed by atoms with E-state index in [4.69, 9.17) is 11.6 Å². The first-order valence-corrected chi connectivity index (χ1v) is 15.6. The fraction of sp³-hybridized carbons (Fsp3) is 0.355. The Morgan fingerprint density at radius 3 is 2.34 bits per heavy atom. The van der Waals surface area contributed by atoms with Gasteiger partial charge in [-0.2, -0.15) is 0 Å². The summed E-state index contributed by atoms with van der Waals surface area (Å²) in [6.45, 7) is 2.73. The van der Waals surface area contributed by atoms with E-state index >= 15 is 4.39 Å². The van der Waals surface area contributed by atoms with Crippen molar-refractivity contribution < 1.29 is 22.4 Å². The molecular formula is C31H35ClFN3O4S. The number of amides is 2. The van der Waals surface area contributed by atoms with Gasteiger partial charge in [-0.3, -0.25) is 13.9 Å². The molecule has 4 rings (SSSR count). The van der Waals surface area contributed by atoms with Gasteiger partial charge in [-0.1, -0.05) is 72.8 Å². The number of hydrogen-bond acceptors (Lipinski definition) is 4. The third-order valence-corrected chi connectivity index (χ3v) is 9.38. The normalized spacial score (nSPS) is 14.7. The molecule has 1 aliphatic carbocycles. The number of aryl methyl sites for hydroxylation is 1. The van der Waals surface area contributed by atoms with Gasteiger partial charge in [0.25, 0.3) is 10.0 Å². The van der Waals surface area contributed by atoms with Crippen LogP contribution >= 0.6 is 11.6 Å². The molecule has 0 aromatic heterocycles. The van der Waals surface area contributed by atoms with Crippen molar-refractivity contribution in [1.82, 2.24) is 10.2 Å². The van der Waals surface area contributed by atoms with Crippen molar-refractivity contribution in [3.63, 3.8) is 0 Å². The van der Waals surface area contributed by atoms with E-state index < -0.39 is 34.3 Å². The summed E-state index contributed by atoms with van der Waals surface area (Å²) in [6.07, 6.45) is 4.92. The highest BCUT2D eigenvalue weighted by molar-refractivity contribution is 7.92. The zero-order valence-electron chi connectivity index (χ0n) is 23.2. The van der Waals surface area contributed by atoms with Crippen molar-refractivity contribution in [1.29, 1.82) is 0 Å². The molecule has 41 heavy (non-hydrogen) atoms. The van der Waals surface area contributed by atoms with Gasteiger partial charge in [-0.15, -0.1) is 0 Å². The van der Waals surface area contributed by atoms with Crippen LogP contribution in [0, 0.1) is 12.7 Å². The Labute approximate surface area is 246 Å². The maximum Gasteiger partial charge on any atom is 0.264 e. The van der Waals surface area contributed by atoms with Crippen molar-refractivity contribution in [2.75, 3.05) is 10.8 Å². The quantitative estimate of drug-likeness (QED) is 0.317. The van der Waals surface area contributed by atoms with Crippen molar-refractivity contribution in [3.05, 3.63) is 94.8 Å². The molecule has 1 saturated carbocycles. The summed E-state index contributed by atoms with van der Waals surface area (Å²) in [7, 11) is -4.35. The maximum absolute atomic E-state index is 15.0. The second-order valence-electron chi connectivity index (χ2n) is 10.4. The molecule has 1 fully saturated rings. The number of sulfonamides is 1. The number of nitrogens with one attached hydrogen (secondary N) is 1. The minimum Gasteiger partial charge on any atom is -0.352 e. The molecule has 3 aromatic carbocycles. The first-order chi connectivity index (χ1) is 19.6. The lowest BCUT2D eigenvalue weighted by Gasteiger charge is -2.33. The zero-order valence-corrected chi connectivity index (χ0v) is 24.8. The lowest BCUT2D eigenvalue weighted by Crippen LogP contribution is -2.53. The van der Waals surface area contributed by atoms with E-state index in [1.54, 1.807) is 43.3 Å². The lowest BCUT2D eigenvalue weighted by molar-refractivity contribution is -0.139. The molecule has 7 nitrogen and oxygen atoms in total. The van der Waals surface area contributed by atoms with Crippen molar-refractivity contribution in [2.45, 2.75) is 69.5 Å². The molecule has 10 heteroatoms. The van der Waals surface area contributed by atoms with Gasteiger partial charge < -0.3 is 10.2 Å². The Hall–Kier alpha value is -3.43. The number of hydrogen-bond donors (Lipinski definition) is 1. The Balaban J connectivity index is 1.68. The fourth-order valence-corrected chi connectivity index (χ4v) is 6.62. The standard InChI is InChI=1S/C31H35ClFN3O4S/c1-22-15-17-27(18-16-22)41(39,40)36(29-14-7-6-13-28(29)33)21-30(37)35(20-24-9-8-10-25(32)19-24)23(2)31(38)34-26-11-4-3-5-12-26/h6-10,13-19,23,26H,3-5,11-12,20-21H2,1-2H3,(H,34,38)/t23-/m1/s1. The van der Waals surface area contributed by atoms with E-state index in [0.717, 1.165) is 48.0 Å². The third kappa shape index (κ3) is 7.65. The fourth-order valence-electron chi connectivity index (χ4n) is 4.99. The highest BCUT2D eigenvalue weighted by Gasteiger charge is 2.34. The lowest BCUT2D eigenvalue weighted by atomic mass is 9.95. The monoisotopic (exact) mass is 599 g/mol. The Morgan fingerprint density at radius 1 is 1.00 bits per heavy atom. The Kier molecular flexibility index (Phi) is 10.0. The topological polar surface area (TPSA) is 86.8 Å². The van der Waals surface area contributed by atoms with Crippen LogP contribution in [0.3, 0.4) is 0 Å². The van der Waals surface area contributed by atoms with Crippen molar-refractivity contribution in [2.24, 2.45) is 0 Å². The van der Waals surface area contributed by atoms with Gasteiger partial charge >= 0.3 is 0 Å². The SMILES string of the molecule is Cc1ccc(S(=O)(=O)N(CC(=O)N(Cc2cccc(Cl)c2)[C@H](C)C(=O)NC2CCCCC2)c2ccccc2F)cc1. The number of halogens is 2. The van der Waals surface area contributed by atoms with Crippen LogP contribution < -0.4 is 9.62 Å². The number of rotatable bonds is 10. The smallest absolute Gasteiger partial charge is 0.264 e. The summed E-state index contributed by atoms with van der Waals surface area (Å²) in [5.41, 5.74) is 1.26. The average Bonchev–Trinajstić information content (AvgIpc) is 2.95. The van der Waals surface area contributed by atoms with Crippen LogP contribution in [0.15, 0.2) is 77.7 Å². The second kappa shape index (κ2) is 13.5. The molecule has 1 atom stereocenters. The molecule has 218 valence electrons. The van der Waals surface area contributed by atoms with E-state index in [9.17, 15) is 18.0 Å². The molecule has 1 aliphatic rings. The Bertz CT molecular complexity index is 1480. The van der Waals surface area contributed by atoms with Crippen LogP contribution in [0.25, 0.3) is 0 Å². The van der Waals surface area contributed by atoms with Gasteiger partial charge in [0.1, 0.15) is 18.4 Å². The number of benzene rings is 3. The number of carbonyl (C=O) groups excluding carboxylic acids is 2. The van der Waals surface area contributed by atoms with E-state index in [1.165, 1.54) is 35.2 Å². The summed E-state index contributed by atoms with van der Waals surface area (Å²) in [4.78, 5) is 28.6. The van der Waals surface area contributed by atoms with E-state index in [1.807, 2.05) is 6.92 Å². The summed E-state index contributed by atoms with van der Waals surface area (Å²) in [5.74, 6) is -1.78. The number of para-hydroxylation sites is 1. The molecule has 3 aromatic rings. The van der Waals surface area contributed by atoms with E-state index in [0.29, 0.717) is 10.6 Å². The van der Waals surface area contributed by atoms with E-state index in [-0.39, 0.29) is 29.1 Å². The van der Waals surface area contributed by atoms with Crippen LogP contribution in [-0.2, 0) is 26.2 Å². The first-order valence-electron chi connectivity index (χ1n) is 13.7. The molecule has 0 bridgehead atoms. The molecule has 0 heterocycles. The van der Waals surface area contributed by atoms with Gasteiger partial charge in [0.05, 0.1) is 10.6 Å². The average molecular weight is 600 g/mol. The number of nitrogens with zero attached hydrogens (tertiary/aromatic N) is 2. The van der Waals surface area contributed by atoms with Crippen LogP contribution in [0.1, 0.15) is 50.2 Å². The molecule has 0 aliphatic heterocycles. The molecule has 0 radical (unpaired) electrons. The van der Waals surface area contributed by atoms with Crippen LogP contribution in [0.4, 0.5) is 10.1 Å². The summed E-state index contributed by atoms with van der Waals surface area (Å²) in [5, 5.41) is 3.52. The van der Waals surface area contributed by atoms with Gasteiger partial charge in [0, 0.05) is 17.6 Å². The zero-order chi connectivity index (χ0) is 29.6. The summed E-state index contributed by atoms with van der Waals surface area (Å²) < 4.78 is 43.4. The first kappa shape index (κ1) is 30.5. The maximum atomic E-state index is 15.0. The molecule has 0 spiro atoms. The Morgan fingerprint density at radius 2 is 1.68 bits per heavy atom. The largest absolute Gasteiger partial charge is 0.352 e. The molecule has 1 N–H and O–H groups in total. The highest BCUT2D eigenvalue weighted by atomic mass is 35.5. The third-order valence-electron chi connectivity index (χ3n) is 7.37.